The van der Waals surface area contributed by atoms with Gasteiger partial charge in [0.05, 0.1) is 12.5 Å². The number of carbonyl (C=O) groups is 1. The first-order chi connectivity index (χ1) is 14.1. The number of benzene rings is 2. The molecule has 0 spiro atoms. The maximum atomic E-state index is 12.7. The molecule has 2 fully saturated rings. The van der Waals surface area contributed by atoms with Crippen LogP contribution in [0.4, 0.5) is 0 Å². The SMILES string of the molecule is COC(=O)[C@@]1(c2ccccc2)C[C@H]1CN1C2C=C(c3ccc(Cl)cc3)CC1CC2. The Hall–Kier alpha value is -2.10. The second-order valence-corrected chi connectivity index (χ2v) is 9.06. The first kappa shape index (κ1) is 18.9. The Kier molecular flexibility index (Phi) is 4.76. The van der Waals surface area contributed by atoms with Crippen LogP contribution in [0.5, 0.6) is 0 Å². The van der Waals surface area contributed by atoms with Gasteiger partial charge in [-0.2, -0.15) is 0 Å². The van der Waals surface area contributed by atoms with E-state index in [1.54, 1.807) is 0 Å². The Bertz CT molecular complexity index is 939. The molecule has 4 atom stereocenters. The number of methoxy groups -OCH3 is 1. The lowest BCUT2D eigenvalue weighted by atomic mass is 9.91. The van der Waals surface area contributed by atoms with Crippen LogP contribution in [0.2, 0.25) is 5.02 Å². The van der Waals surface area contributed by atoms with Gasteiger partial charge in [0.2, 0.25) is 0 Å². The van der Waals surface area contributed by atoms with E-state index in [9.17, 15) is 4.79 Å². The van der Waals surface area contributed by atoms with Gasteiger partial charge in [0.1, 0.15) is 0 Å². The van der Waals surface area contributed by atoms with Crippen molar-refractivity contribution < 1.29 is 9.53 Å². The summed E-state index contributed by atoms with van der Waals surface area (Å²) in [5.41, 5.74) is 3.35. The molecule has 0 aromatic heterocycles. The molecule has 4 heteroatoms. The molecule has 5 rings (SSSR count). The average Bonchev–Trinajstić information content (AvgIpc) is 3.43. The largest absolute Gasteiger partial charge is 0.468 e. The summed E-state index contributed by atoms with van der Waals surface area (Å²) in [5, 5.41) is 0.781. The molecule has 2 heterocycles. The zero-order valence-corrected chi connectivity index (χ0v) is 17.4. The summed E-state index contributed by atoms with van der Waals surface area (Å²) in [6, 6.07) is 19.4. The predicted octanol–water partition coefficient (Wildman–Crippen LogP) is 5.09. The van der Waals surface area contributed by atoms with Crippen molar-refractivity contribution in [2.75, 3.05) is 13.7 Å². The third-order valence-corrected chi connectivity index (χ3v) is 7.38. The minimum atomic E-state index is -0.463. The van der Waals surface area contributed by atoms with Crippen LogP contribution in [-0.4, -0.2) is 36.6 Å². The number of carbonyl (C=O) groups excluding carboxylic acids is 1. The fourth-order valence-electron chi connectivity index (χ4n) is 5.52. The van der Waals surface area contributed by atoms with E-state index in [1.165, 1.54) is 31.1 Å². The number of hydrogen-bond acceptors (Lipinski definition) is 3. The van der Waals surface area contributed by atoms with Crippen molar-refractivity contribution in [3.8, 4) is 0 Å². The van der Waals surface area contributed by atoms with Gasteiger partial charge in [-0.1, -0.05) is 60.1 Å². The summed E-state index contributed by atoms with van der Waals surface area (Å²) in [6.07, 6.45) is 6.82. The van der Waals surface area contributed by atoms with E-state index in [1.807, 2.05) is 30.3 Å². The maximum Gasteiger partial charge on any atom is 0.316 e. The molecular formula is C25H26ClNO2. The Morgan fingerprint density at radius 1 is 1.14 bits per heavy atom. The highest BCUT2D eigenvalue weighted by atomic mass is 35.5. The zero-order chi connectivity index (χ0) is 20.0. The highest BCUT2D eigenvalue weighted by Crippen LogP contribution is 2.56. The van der Waals surface area contributed by atoms with E-state index < -0.39 is 5.41 Å². The quantitative estimate of drug-likeness (QED) is 0.646. The molecule has 1 aliphatic carbocycles. The fourth-order valence-corrected chi connectivity index (χ4v) is 5.65. The minimum absolute atomic E-state index is 0.0875. The molecule has 0 N–H and O–H groups in total. The number of fused-ring (bicyclic) bond motifs is 2. The van der Waals surface area contributed by atoms with Crippen molar-refractivity contribution in [3.63, 3.8) is 0 Å². The minimum Gasteiger partial charge on any atom is -0.468 e. The van der Waals surface area contributed by atoms with Crippen LogP contribution in [-0.2, 0) is 14.9 Å². The third kappa shape index (κ3) is 3.21. The van der Waals surface area contributed by atoms with E-state index in [0.717, 1.165) is 30.0 Å². The van der Waals surface area contributed by atoms with Crippen LogP contribution in [0.3, 0.4) is 0 Å². The molecular weight excluding hydrogens is 382 g/mol. The van der Waals surface area contributed by atoms with Crippen LogP contribution in [0.15, 0.2) is 60.7 Å². The second kappa shape index (κ2) is 7.30. The van der Waals surface area contributed by atoms with Gasteiger partial charge < -0.3 is 4.74 Å². The summed E-state index contributed by atoms with van der Waals surface area (Å²) >= 11 is 6.06. The van der Waals surface area contributed by atoms with Gasteiger partial charge in [0.15, 0.2) is 0 Å². The molecule has 150 valence electrons. The average molecular weight is 408 g/mol. The zero-order valence-electron chi connectivity index (χ0n) is 16.7. The van der Waals surface area contributed by atoms with E-state index in [-0.39, 0.29) is 5.97 Å². The van der Waals surface area contributed by atoms with Crippen molar-refractivity contribution in [2.24, 2.45) is 5.92 Å². The van der Waals surface area contributed by atoms with Gasteiger partial charge in [0.25, 0.3) is 0 Å². The van der Waals surface area contributed by atoms with Crippen LogP contribution in [0, 0.1) is 5.92 Å². The first-order valence-corrected chi connectivity index (χ1v) is 10.9. The van der Waals surface area contributed by atoms with Gasteiger partial charge >= 0.3 is 5.97 Å². The van der Waals surface area contributed by atoms with Crippen LogP contribution < -0.4 is 0 Å². The van der Waals surface area contributed by atoms with Crippen molar-refractivity contribution in [2.45, 2.75) is 43.2 Å². The van der Waals surface area contributed by atoms with Crippen molar-refractivity contribution in [1.82, 2.24) is 4.90 Å². The normalized spacial score (nSPS) is 30.7. The molecule has 2 aliphatic heterocycles. The number of rotatable bonds is 5. The fraction of sp³-hybridized carbons (Fsp3) is 0.400. The molecule has 0 amide bonds. The van der Waals surface area contributed by atoms with Crippen molar-refractivity contribution >= 4 is 23.1 Å². The second-order valence-electron chi connectivity index (χ2n) is 8.63. The van der Waals surface area contributed by atoms with Gasteiger partial charge in [-0.05, 0) is 60.4 Å². The van der Waals surface area contributed by atoms with Gasteiger partial charge in [-0.15, -0.1) is 0 Å². The van der Waals surface area contributed by atoms with E-state index >= 15 is 0 Å². The van der Waals surface area contributed by atoms with Crippen LogP contribution in [0.25, 0.3) is 5.57 Å². The molecule has 1 saturated heterocycles. The Morgan fingerprint density at radius 2 is 1.90 bits per heavy atom. The molecule has 2 aromatic carbocycles. The van der Waals surface area contributed by atoms with Crippen LogP contribution >= 0.6 is 11.6 Å². The van der Waals surface area contributed by atoms with Crippen molar-refractivity contribution in [3.05, 3.63) is 76.8 Å². The Balaban J connectivity index is 1.36. The van der Waals surface area contributed by atoms with Gasteiger partial charge in [0, 0.05) is 23.7 Å². The lowest BCUT2D eigenvalue weighted by molar-refractivity contribution is -0.144. The topological polar surface area (TPSA) is 29.5 Å². The molecule has 3 nitrogen and oxygen atoms in total. The standard InChI is InChI=1S/C25H26ClNO2/c1-29-24(28)25(19-5-3-2-4-6-19)15-20(25)16-27-22-11-12-23(27)14-18(13-22)17-7-9-21(26)10-8-17/h2-10,13,20,22-23H,11-12,14-16H2,1H3/t20-,22?,23?,25+/m0/s1. The van der Waals surface area contributed by atoms with Crippen molar-refractivity contribution in [1.29, 1.82) is 0 Å². The van der Waals surface area contributed by atoms with Gasteiger partial charge in [-0.3, -0.25) is 9.69 Å². The highest BCUT2D eigenvalue weighted by Gasteiger charge is 2.63. The first-order valence-electron chi connectivity index (χ1n) is 10.5. The van der Waals surface area contributed by atoms with E-state index in [4.69, 9.17) is 16.3 Å². The van der Waals surface area contributed by atoms with E-state index in [2.05, 4.69) is 35.2 Å². The molecule has 0 radical (unpaired) electrons. The summed E-state index contributed by atoms with van der Waals surface area (Å²) < 4.78 is 5.23. The lowest BCUT2D eigenvalue weighted by Gasteiger charge is -2.35. The number of esters is 1. The predicted molar refractivity (Wildman–Crippen MR) is 116 cm³/mol. The summed E-state index contributed by atoms with van der Waals surface area (Å²) in [4.78, 5) is 15.4. The van der Waals surface area contributed by atoms with E-state index in [0.29, 0.717) is 18.0 Å². The molecule has 29 heavy (non-hydrogen) atoms. The Morgan fingerprint density at radius 3 is 2.59 bits per heavy atom. The van der Waals surface area contributed by atoms with Gasteiger partial charge in [-0.25, -0.2) is 0 Å². The summed E-state index contributed by atoms with van der Waals surface area (Å²) in [5.74, 6) is 0.237. The molecule has 2 bridgehead atoms. The summed E-state index contributed by atoms with van der Waals surface area (Å²) in [6.45, 7) is 0.962. The molecule has 2 aromatic rings. The van der Waals surface area contributed by atoms with Crippen LogP contribution in [0.1, 0.15) is 36.8 Å². The highest BCUT2D eigenvalue weighted by molar-refractivity contribution is 6.30. The Labute approximate surface area is 177 Å². The summed E-state index contributed by atoms with van der Waals surface area (Å²) in [7, 11) is 1.51. The third-order valence-electron chi connectivity index (χ3n) is 7.13. The number of nitrogens with zero attached hydrogens (tertiary/aromatic N) is 1. The lowest BCUT2D eigenvalue weighted by Crippen LogP contribution is -2.41. The molecule has 2 unspecified atom stereocenters. The number of ether oxygens (including phenoxy) is 1. The number of halogens is 1. The molecule has 3 aliphatic rings. The maximum absolute atomic E-state index is 12.7. The monoisotopic (exact) mass is 407 g/mol. The number of hydrogen-bond donors (Lipinski definition) is 0. The smallest absolute Gasteiger partial charge is 0.316 e. The molecule has 1 saturated carbocycles.